The van der Waals surface area contributed by atoms with Crippen molar-refractivity contribution >= 4 is 39.1 Å². The molecule has 0 spiro atoms. The third-order valence-electron chi connectivity index (χ3n) is 2.66. The van der Waals surface area contributed by atoms with Crippen molar-refractivity contribution in [3.05, 3.63) is 56.2 Å². The van der Waals surface area contributed by atoms with Gasteiger partial charge < -0.3 is 10.5 Å². The topological polar surface area (TPSA) is 35.2 Å². The number of halogens is 4. The van der Waals surface area contributed by atoms with Crippen LogP contribution in [-0.2, 0) is 0 Å². The fourth-order valence-electron chi connectivity index (χ4n) is 1.75. The Bertz CT molecular complexity index is 649. The van der Waals surface area contributed by atoms with Crippen molar-refractivity contribution in [3.8, 4) is 11.5 Å². The molecule has 0 amide bonds. The minimum Gasteiger partial charge on any atom is -0.455 e. The van der Waals surface area contributed by atoms with Crippen molar-refractivity contribution in [2.45, 2.75) is 13.0 Å². The predicted molar refractivity (Wildman–Crippen MR) is 83.2 cm³/mol. The predicted octanol–water partition coefficient (Wildman–Crippen LogP) is 5.71. The quantitative estimate of drug-likeness (QED) is 0.694. The Balaban J connectivity index is 2.45. The van der Waals surface area contributed by atoms with Crippen LogP contribution in [0, 0.1) is 5.82 Å². The largest absolute Gasteiger partial charge is 0.455 e. The number of ether oxygens (including phenoxy) is 1. The standard InChI is InChI=1S/C14H11BrCl2FNO/c1-7(19)14-11(18)3-2-4-12(14)20-13-6-9(16)8(15)5-10(13)17/h2-7H,19H2,1H3/t7-/m1/s1. The van der Waals surface area contributed by atoms with Gasteiger partial charge in [-0.25, -0.2) is 4.39 Å². The van der Waals surface area contributed by atoms with Crippen LogP contribution in [0.25, 0.3) is 0 Å². The van der Waals surface area contributed by atoms with E-state index in [1.165, 1.54) is 6.07 Å². The summed E-state index contributed by atoms with van der Waals surface area (Å²) in [5, 5.41) is 0.810. The Kier molecular flexibility index (Phi) is 4.91. The maximum atomic E-state index is 13.8. The highest BCUT2D eigenvalue weighted by atomic mass is 79.9. The number of nitrogens with two attached hydrogens (primary N) is 1. The van der Waals surface area contributed by atoms with E-state index in [-0.39, 0.29) is 0 Å². The Hall–Kier alpha value is -0.810. The number of rotatable bonds is 3. The van der Waals surface area contributed by atoms with E-state index in [0.717, 1.165) is 0 Å². The van der Waals surface area contributed by atoms with E-state index >= 15 is 0 Å². The summed E-state index contributed by atoms with van der Waals surface area (Å²) in [7, 11) is 0. The van der Waals surface area contributed by atoms with Crippen LogP contribution in [0.2, 0.25) is 10.0 Å². The minimum atomic E-state index is -0.504. The molecule has 0 saturated carbocycles. The van der Waals surface area contributed by atoms with Crippen LogP contribution in [0.15, 0.2) is 34.8 Å². The van der Waals surface area contributed by atoms with E-state index in [9.17, 15) is 4.39 Å². The maximum Gasteiger partial charge on any atom is 0.147 e. The molecule has 0 aliphatic heterocycles. The molecule has 20 heavy (non-hydrogen) atoms. The first-order valence-electron chi connectivity index (χ1n) is 5.76. The zero-order valence-corrected chi connectivity index (χ0v) is 13.6. The molecule has 0 heterocycles. The van der Waals surface area contributed by atoms with Crippen LogP contribution in [-0.4, -0.2) is 0 Å². The fraction of sp³-hybridized carbons (Fsp3) is 0.143. The summed E-state index contributed by atoms with van der Waals surface area (Å²) < 4.78 is 20.1. The van der Waals surface area contributed by atoms with Gasteiger partial charge in [0.15, 0.2) is 0 Å². The highest BCUT2D eigenvalue weighted by Crippen LogP contribution is 2.38. The molecule has 0 bridgehead atoms. The van der Waals surface area contributed by atoms with E-state index in [0.29, 0.717) is 31.6 Å². The lowest BCUT2D eigenvalue weighted by Gasteiger charge is -2.15. The molecule has 0 saturated heterocycles. The van der Waals surface area contributed by atoms with E-state index in [1.807, 2.05) is 0 Å². The van der Waals surface area contributed by atoms with Crippen LogP contribution in [0.5, 0.6) is 11.5 Å². The zero-order chi connectivity index (χ0) is 14.9. The molecule has 1 atom stereocenters. The molecule has 0 unspecified atom stereocenters. The summed E-state index contributed by atoms with van der Waals surface area (Å²) in [4.78, 5) is 0. The van der Waals surface area contributed by atoms with Crippen molar-refractivity contribution in [1.82, 2.24) is 0 Å². The second-order valence-electron chi connectivity index (χ2n) is 4.24. The molecule has 6 heteroatoms. The van der Waals surface area contributed by atoms with Crippen LogP contribution < -0.4 is 10.5 Å². The second kappa shape index (κ2) is 6.31. The van der Waals surface area contributed by atoms with Gasteiger partial charge in [-0.05, 0) is 41.1 Å². The molecule has 0 aromatic heterocycles. The molecule has 0 radical (unpaired) electrons. The van der Waals surface area contributed by atoms with E-state index < -0.39 is 11.9 Å². The Morgan fingerprint density at radius 2 is 1.90 bits per heavy atom. The first-order valence-corrected chi connectivity index (χ1v) is 7.31. The first-order chi connectivity index (χ1) is 9.40. The van der Waals surface area contributed by atoms with Gasteiger partial charge in [0.2, 0.25) is 0 Å². The monoisotopic (exact) mass is 377 g/mol. The molecule has 0 aliphatic carbocycles. The van der Waals surface area contributed by atoms with E-state index in [1.54, 1.807) is 31.2 Å². The van der Waals surface area contributed by atoms with Gasteiger partial charge in [0.1, 0.15) is 17.3 Å². The maximum absolute atomic E-state index is 13.8. The van der Waals surface area contributed by atoms with Gasteiger partial charge in [0.25, 0.3) is 0 Å². The third kappa shape index (κ3) is 3.26. The lowest BCUT2D eigenvalue weighted by Crippen LogP contribution is -2.09. The molecular formula is C14H11BrCl2FNO. The SMILES string of the molecule is C[C@@H](N)c1c(F)cccc1Oc1cc(Cl)c(Br)cc1Cl. The Labute approximate surface area is 134 Å². The van der Waals surface area contributed by atoms with Crippen molar-refractivity contribution < 1.29 is 9.13 Å². The summed E-state index contributed by atoms with van der Waals surface area (Å²) in [5.41, 5.74) is 6.07. The second-order valence-corrected chi connectivity index (χ2v) is 5.91. The molecule has 2 aromatic rings. The molecule has 0 fully saturated rings. The zero-order valence-electron chi connectivity index (χ0n) is 10.5. The lowest BCUT2D eigenvalue weighted by molar-refractivity contribution is 0.461. The molecular weight excluding hydrogens is 368 g/mol. The Morgan fingerprint density at radius 3 is 2.55 bits per heavy atom. The van der Waals surface area contributed by atoms with Crippen molar-refractivity contribution in [3.63, 3.8) is 0 Å². The van der Waals surface area contributed by atoms with Gasteiger partial charge >= 0.3 is 0 Å². The highest BCUT2D eigenvalue weighted by molar-refractivity contribution is 9.10. The summed E-state index contributed by atoms with van der Waals surface area (Å²) >= 11 is 15.3. The average Bonchev–Trinajstić information content (AvgIpc) is 2.35. The molecule has 2 rings (SSSR count). The summed E-state index contributed by atoms with van der Waals surface area (Å²) in [6.45, 7) is 1.68. The van der Waals surface area contributed by atoms with Crippen LogP contribution in [0.1, 0.15) is 18.5 Å². The first kappa shape index (κ1) is 15.6. The minimum absolute atomic E-state index is 0.294. The van der Waals surface area contributed by atoms with E-state index in [2.05, 4.69) is 15.9 Å². The summed E-state index contributed by atoms with van der Waals surface area (Å²) in [6, 6.07) is 7.19. The lowest BCUT2D eigenvalue weighted by atomic mass is 10.1. The van der Waals surface area contributed by atoms with Crippen LogP contribution >= 0.6 is 39.1 Å². The molecule has 2 aromatic carbocycles. The normalized spacial score (nSPS) is 12.3. The third-order valence-corrected chi connectivity index (χ3v) is 4.16. The van der Waals surface area contributed by atoms with E-state index in [4.69, 9.17) is 33.7 Å². The number of hydrogen-bond donors (Lipinski definition) is 1. The number of hydrogen-bond acceptors (Lipinski definition) is 2. The molecule has 2 nitrogen and oxygen atoms in total. The summed E-state index contributed by atoms with van der Waals surface area (Å²) in [6.07, 6.45) is 0. The Morgan fingerprint density at radius 1 is 1.20 bits per heavy atom. The van der Waals surface area contributed by atoms with Gasteiger partial charge in [0.05, 0.1) is 10.0 Å². The molecule has 106 valence electrons. The van der Waals surface area contributed by atoms with Crippen LogP contribution in [0.4, 0.5) is 4.39 Å². The molecule has 2 N–H and O–H groups in total. The van der Waals surface area contributed by atoms with Gasteiger partial charge in [-0.3, -0.25) is 0 Å². The average molecular weight is 379 g/mol. The van der Waals surface area contributed by atoms with Gasteiger partial charge in [-0.2, -0.15) is 0 Å². The van der Waals surface area contributed by atoms with Crippen LogP contribution in [0.3, 0.4) is 0 Å². The van der Waals surface area contributed by atoms with Gasteiger partial charge in [-0.15, -0.1) is 0 Å². The highest BCUT2D eigenvalue weighted by Gasteiger charge is 2.16. The van der Waals surface area contributed by atoms with Gasteiger partial charge in [0, 0.05) is 22.1 Å². The van der Waals surface area contributed by atoms with Crippen molar-refractivity contribution in [2.24, 2.45) is 5.73 Å². The smallest absolute Gasteiger partial charge is 0.147 e. The summed E-state index contributed by atoms with van der Waals surface area (Å²) in [5.74, 6) is 0.240. The molecule has 0 aliphatic rings. The van der Waals surface area contributed by atoms with Crippen molar-refractivity contribution in [2.75, 3.05) is 0 Å². The van der Waals surface area contributed by atoms with Crippen molar-refractivity contribution in [1.29, 1.82) is 0 Å². The fourth-order valence-corrected chi connectivity index (χ4v) is 2.58. The number of benzene rings is 2. The van der Waals surface area contributed by atoms with Gasteiger partial charge in [-0.1, -0.05) is 29.3 Å².